The highest BCUT2D eigenvalue weighted by Crippen LogP contribution is 2.35. The van der Waals surface area contributed by atoms with Crippen molar-refractivity contribution in [1.29, 1.82) is 5.41 Å². The van der Waals surface area contributed by atoms with Crippen LogP contribution >= 0.6 is 0 Å². The molecule has 10 heteroatoms. The van der Waals surface area contributed by atoms with Gasteiger partial charge in [0.25, 0.3) is 0 Å². The highest BCUT2D eigenvalue weighted by molar-refractivity contribution is 6.39. The van der Waals surface area contributed by atoms with Crippen LogP contribution in [0.3, 0.4) is 0 Å². The fourth-order valence-electron chi connectivity index (χ4n) is 2.78. The number of nitrogens with zero attached hydrogens (tertiary/aromatic N) is 3. The molecule has 0 aliphatic carbocycles. The number of fused-ring (bicyclic) bond motifs is 2. The standard InChI is InChI=1S/C18H16N8O2/c19-15(25-23-13-9-5-1-3-7-11(9)21-17(13)27)16(20)26-24-14-10-6-2-4-8-12(10)22-18(14)28/h1-8,19,21-22,24,27-28H,(H2,20,26). The van der Waals surface area contributed by atoms with Crippen molar-refractivity contribution < 1.29 is 10.2 Å². The lowest BCUT2D eigenvalue weighted by Crippen LogP contribution is -2.22. The first-order valence-electron chi connectivity index (χ1n) is 8.24. The second kappa shape index (κ2) is 6.76. The molecule has 0 unspecified atom stereocenters. The molecule has 4 aromatic rings. The fraction of sp³-hybridized carbons (Fsp3) is 0. The minimum absolute atomic E-state index is 0.102. The molecule has 0 atom stereocenters. The van der Waals surface area contributed by atoms with Crippen molar-refractivity contribution in [2.24, 2.45) is 21.1 Å². The summed E-state index contributed by atoms with van der Waals surface area (Å²) in [6, 6.07) is 14.4. The van der Waals surface area contributed by atoms with E-state index in [1.54, 1.807) is 30.3 Å². The maximum Gasteiger partial charge on any atom is 0.218 e. The Labute approximate surface area is 157 Å². The third kappa shape index (κ3) is 2.98. The predicted octanol–water partition coefficient (Wildman–Crippen LogP) is 3.51. The zero-order valence-corrected chi connectivity index (χ0v) is 14.4. The predicted molar refractivity (Wildman–Crippen MR) is 107 cm³/mol. The Hall–Kier alpha value is -4.34. The van der Waals surface area contributed by atoms with Crippen molar-refractivity contribution in [3.05, 3.63) is 48.5 Å². The molecule has 0 aliphatic rings. The number of rotatable bonds is 3. The van der Waals surface area contributed by atoms with Gasteiger partial charge in [-0.3, -0.25) is 10.8 Å². The Morgan fingerprint density at radius 3 is 2.29 bits per heavy atom. The van der Waals surface area contributed by atoms with E-state index in [-0.39, 0.29) is 23.3 Å². The number of nitrogens with two attached hydrogens (primary N) is 1. The van der Waals surface area contributed by atoms with E-state index in [0.717, 1.165) is 5.52 Å². The van der Waals surface area contributed by atoms with E-state index >= 15 is 0 Å². The molecule has 4 rings (SSSR count). The Bertz CT molecular complexity index is 1250. The van der Waals surface area contributed by atoms with Crippen LogP contribution in [0.2, 0.25) is 0 Å². The molecule has 0 saturated carbocycles. The summed E-state index contributed by atoms with van der Waals surface area (Å²) in [6.45, 7) is 0. The number of aromatic nitrogens is 2. The molecule has 0 radical (unpaired) electrons. The first-order chi connectivity index (χ1) is 13.5. The number of hydrazone groups is 1. The molecule has 2 aromatic carbocycles. The van der Waals surface area contributed by atoms with Gasteiger partial charge in [-0.15, -0.1) is 10.2 Å². The maximum atomic E-state index is 9.99. The summed E-state index contributed by atoms with van der Waals surface area (Å²) >= 11 is 0. The fourth-order valence-corrected chi connectivity index (χ4v) is 2.78. The molecule has 8 N–H and O–H groups in total. The van der Waals surface area contributed by atoms with Gasteiger partial charge in [0.15, 0.2) is 11.5 Å². The molecule has 0 spiro atoms. The van der Waals surface area contributed by atoms with E-state index in [9.17, 15) is 10.2 Å². The molecule has 28 heavy (non-hydrogen) atoms. The molecule has 0 fully saturated rings. The van der Waals surface area contributed by atoms with Crippen molar-refractivity contribution in [1.82, 2.24) is 9.97 Å². The number of H-pyrrole nitrogens is 2. The SMILES string of the molecule is N=C(N=Nc1c(O)[nH]c2ccccc12)C(N)=NNc1c(O)[nH]c2ccccc12. The summed E-state index contributed by atoms with van der Waals surface area (Å²) in [5.74, 6) is -0.908. The summed E-state index contributed by atoms with van der Waals surface area (Å²) in [7, 11) is 0. The van der Waals surface area contributed by atoms with Crippen molar-refractivity contribution in [2.75, 3.05) is 5.43 Å². The second-order valence-corrected chi connectivity index (χ2v) is 5.92. The Morgan fingerprint density at radius 1 is 0.929 bits per heavy atom. The molecule has 2 aromatic heterocycles. The van der Waals surface area contributed by atoms with Gasteiger partial charge in [-0.05, 0) is 12.1 Å². The molecular formula is C18H16N8O2. The monoisotopic (exact) mass is 376 g/mol. The number of amidine groups is 2. The summed E-state index contributed by atoms with van der Waals surface area (Å²) in [4.78, 5) is 5.58. The minimum atomic E-state index is -0.406. The molecule has 2 heterocycles. The summed E-state index contributed by atoms with van der Waals surface area (Å²) in [5, 5.41) is 40.7. The van der Waals surface area contributed by atoms with Crippen LogP contribution in [0.25, 0.3) is 21.8 Å². The van der Waals surface area contributed by atoms with E-state index in [0.29, 0.717) is 22.0 Å². The highest BCUT2D eigenvalue weighted by atomic mass is 16.3. The lowest BCUT2D eigenvalue weighted by Gasteiger charge is -2.01. The van der Waals surface area contributed by atoms with Crippen LogP contribution in [0.15, 0.2) is 63.9 Å². The Kier molecular flexibility index (Phi) is 4.13. The van der Waals surface area contributed by atoms with Gasteiger partial charge in [-0.1, -0.05) is 36.4 Å². The normalized spacial score (nSPS) is 12.2. The van der Waals surface area contributed by atoms with Crippen molar-refractivity contribution in [3.8, 4) is 11.8 Å². The quantitative estimate of drug-likeness (QED) is 0.126. The molecule has 0 amide bonds. The molecule has 10 nitrogen and oxygen atoms in total. The Balaban J connectivity index is 1.55. The van der Waals surface area contributed by atoms with E-state index < -0.39 is 5.84 Å². The summed E-state index contributed by atoms with van der Waals surface area (Å²) < 4.78 is 0. The molecule has 0 bridgehead atoms. The number of nitrogens with one attached hydrogen (secondary N) is 4. The van der Waals surface area contributed by atoms with Gasteiger partial charge < -0.3 is 25.9 Å². The van der Waals surface area contributed by atoms with Crippen LogP contribution in [0.4, 0.5) is 11.4 Å². The second-order valence-electron chi connectivity index (χ2n) is 5.92. The van der Waals surface area contributed by atoms with Gasteiger partial charge in [0.2, 0.25) is 17.6 Å². The van der Waals surface area contributed by atoms with Crippen molar-refractivity contribution in [3.63, 3.8) is 0 Å². The van der Waals surface area contributed by atoms with E-state index in [4.69, 9.17) is 11.1 Å². The molecule has 140 valence electrons. The third-order valence-electron chi connectivity index (χ3n) is 4.13. The van der Waals surface area contributed by atoms with Gasteiger partial charge in [-0.2, -0.15) is 5.10 Å². The Morgan fingerprint density at radius 2 is 1.54 bits per heavy atom. The number of aromatic hydroxyl groups is 2. The molecular weight excluding hydrogens is 360 g/mol. The van der Waals surface area contributed by atoms with Gasteiger partial charge in [-0.25, -0.2) is 0 Å². The van der Waals surface area contributed by atoms with Crippen molar-refractivity contribution >= 4 is 44.9 Å². The lowest BCUT2D eigenvalue weighted by atomic mass is 10.2. The van der Waals surface area contributed by atoms with Crippen molar-refractivity contribution in [2.45, 2.75) is 0 Å². The lowest BCUT2D eigenvalue weighted by molar-refractivity contribution is 0.459. The van der Waals surface area contributed by atoms with Crippen LogP contribution in [-0.2, 0) is 0 Å². The van der Waals surface area contributed by atoms with Crippen LogP contribution in [-0.4, -0.2) is 31.9 Å². The highest BCUT2D eigenvalue weighted by Gasteiger charge is 2.12. The van der Waals surface area contributed by atoms with E-state index in [2.05, 4.69) is 30.7 Å². The number of azo groups is 1. The average Bonchev–Trinajstić information content (AvgIpc) is 3.19. The van der Waals surface area contributed by atoms with Crippen LogP contribution in [0.5, 0.6) is 11.8 Å². The topological polar surface area (TPSA) is 171 Å². The minimum Gasteiger partial charge on any atom is -0.493 e. The summed E-state index contributed by atoms with van der Waals surface area (Å²) in [5.41, 5.74) is 10.4. The van der Waals surface area contributed by atoms with Crippen LogP contribution in [0, 0.1) is 5.41 Å². The number of para-hydroxylation sites is 2. The van der Waals surface area contributed by atoms with E-state index in [1.165, 1.54) is 0 Å². The number of hydrogen-bond acceptors (Lipinski definition) is 6. The molecule has 0 aliphatic heterocycles. The number of benzene rings is 2. The van der Waals surface area contributed by atoms with Gasteiger partial charge >= 0.3 is 0 Å². The average molecular weight is 376 g/mol. The zero-order chi connectivity index (χ0) is 19.7. The largest absolute Gasteiger partial charge is 0.493 e. The first-order valence-corrected chi connectivity index (χ1v) is 8.24. The number of hydrogen-bond donors (Lipinski definition) is 7. The zero-order valence-electron chi connectivity index (χ0n) is 14.4. The van der Waals surface area contributed by atoms with Gasteiger partial charge in [0, 0.05) is 10.8 Å². The third-order valence-corrected chi connectivity index (χ3v) is 4.13. The van der Waals surface area contributed by atoms with Crippen LogP contribution < -0.4 is 11.2 Å². The molecule has 0 saturated heterocycles. The smallest absolute Gasteiger partial charge is 0.218 e. The first kappa shape index (κ1) is 17.1. The number of anilines is 1. The van der Waals surface area contributed by atoms with Crippen LogP contribution in [0.1, 0.15) is 0 Å². The number of aromatic amines is 2. The van der Waals surface area contributed by atoms with Gasteiger partial charge in [0.05, 0.1) is 11.0 Å². The maximum absolute atomic E-state index is 9.99. The van der Waals surface area contributed by atoms with E-state index in [1.807, 2.05) is 18.2 Å². The van der Waals surface area contributed by atoms with Gasteiger partial charge in [0.1, 0.15) is 5.69 Å². The summed E-state index contributed by atoms with van der Waals surface area (Å²) in [6.07, 6.45) is 0.